The first-order valence-electron chi connectivity index (χ1n) is 5.13. The molecular formula is C10H15N5O. The van der Waals surface area contributed by atoms with Crippen molar-refractivity contribution in [3.8, 4) is 0 Å². The van der Waals surface area contributed by atoms with Gasteiger partial charge in [-0.25, -0.2) is 0 Å². The smallest absolute Gasteiger partial charge is 0.237 e. The van der Waals surface area contributed by atoms with Crippen LogP contribution in [0.15, 0.2) is 4.42 Å². The average molecular weight is 221 g/mol. The summed E-state index contributed by atoms with van der Waals surface area (Å²) in [6.07, 6.45) is 0. The molecule has 0 aliphatic carbocycles. The summed E-state index contributed by atoms with van der Waals surface area (Å²) in [6.45, 7) is 6.70. The molecule has 0 aromatic carbocycles. The van der Waals surface area contributed by atoms with E-state index in [4.69, 9.17) is 10.2 Å². The maximum atomic E-state index is 5.66. The van der Waals surface area contributed by atoms with E-state index < -0.39 is 0 Å². The highest BCUT2D eigenvalue weighted by atomic mass is 16.4. The molecule has 2 rings (SSSR count). The molecule has 0 unspecified atom stereocenters. The molecule has 0 aliphatic heterocycles. The Kier molecular flexibility index (Phi) is 2.74. The van der Waals surface area contributed by atoms with Crippen molar-refractivity contribution in [2.24, 2.45) is 5.73 Å². The Morgan fingerprint density at radius 3 is 2.50 bits per heavy atom. The largest absolute Gasteiger partial charge is 0.424 e. The van der Waals surface area contributed by atoms with Crippen LogP contribution in [0.4, 0.5) is 0 Å². The lowest BCUT2D eigenvalue weighted by Gasteiger charge is -2.00. The van der Waals surface area contributed by atoms with Crippen LogP contribution in [0.1, 0.15) is 28.7 Å². The lowest BCUT2D eigenvalue weighted by molar-refractivity contribution is 0.441. The quantitative estimate of drug-likeness (QED) is 0.824. The second-order valence-corrected chi connectivity index (χ2v) is 3.73. The summed E-state index contributed by atoms with van der Waals surface area (Å²) in [6, 6.07) is 0. The molecule has 0 amide bonds. The fraction of sp³-hybridized carbons (Fsp3) is 0.500. The Morgan fingerprint density at radius 2 is 2.00 bits per heavy atom. The van der Waals surface area contributed by atoms with Crippen LogP contribution < -0.4 is 5.73 Å². The van der Waals surface area contributed by atoms with Gasteiger partial charge >= 0.3 is 0 Å². The van der Waals surface area contributed by atoms with Gasteiger partial charge in [0.2, 0.25) is 11.8 Å². The maximum Gasteiger partial charge on any atom is 0.237 e. The standard InChI is InChI=1S/C10H15N5O/c1-6-9(4-11)7(2)15(14-6)5-10-13-12-8(3)16-10/h4-5,11H2,1-3H3. The maximum absolute atomic E-state index is 5.66. The molecule has 16 heavy (non-hydrogen) atoms. The van der Waals surface area contributed by atoms with Gasteiger partial charge in [-0.05, 0) is 13.8 Å². The van der Waals surface area contributed by atoms with Crippen LogP contribution >= 0.6 is 0 Å². The van der Waals surface area contributed by atoms with Gasteiger partial charge in [-0.2, -0.15) is 5.10 Å². The lowest BCUT2D eigenvalue weighted by atomic mass is 10.2. The van der Waals surface area contributed by atoms with E-state index in [9.17, 15) is 0 Å². The van der Waals surface area contributed by atoms with E-state index in [1.54, 1.807) is 6.92 Å². The molecular weight excluding hydrogens is 206 g/mol. The van der Waals surface area contributed by atoms with Crippen LogP contribution in [0.5, 0.6) is 0 Å². The van der Waals surface area contributed by atoms with Gasteiger partial charge < -0.3 is 10.2 Å². The van der Waals surface area contributed by atoms with Crippen LogP contribution in [-0.2, 0) is 13.1 Å². The molecule has 0 bridgehead atoms. The molecule has 0 saturated heterocycles. The number of aromatic nitrogens is 4. The van der Waals surface area contributed by atoms with E-state index in [0.29, 0.717) is 24.9 Å². The van der Waals surface area contributed by atoms with Gasteiger partial charge in [0.1, 0.15) is 6.54 Å². The topological polar surface area (TPSA) is 82.8 Å². The SMILES string of the molecule is Cc1nnc(Cn2nc(C)c(CN)c2C)o1. The van der Waals surface area contributed by atoms with Crippen molar-refractivity contribution < 1.29 is 4.42 Å². The van der Waals surface area contributed by atoms with Crippen LogP contribution in [0.2, 0.25) is 0 Å². The monoisotopic (exact) mass is 221 g/mol. The predicted molar refractivity (Wildman–Crippen MR) is 57.7 cm³/mol. The molecule has 6 nitrogen and oxygen atoms in total. The van der Waals surface area contributed by atoms with E-state index in [-0.39, 0.29) is 0 Å². The Hall–Kier alpha value is -1.69. The number of hydrogen-bond acceptors (Lipinski definition) is 5. The second kappa shape index (κ2) is 4.05. The van der Waals surface area contributed by atoms with E-state index in [2.05, 4.69) is 15.3 Å². The molecule has 0 aliphatic rings. The summed E-state index contributed by atoms with van der Waals surface area (Å²) in [5.41, 5.74) is 8.74. The molecule has 2 N–H and O–H groups in total. The minimum absolute atomic E-state index is 0.494. The summed E-state index contributed by atoms with van der Waals surface area (Å²) < 4.78 is 7.15. The summed E-state index contributed by atoms with van der Waals surface area (Å²) in [5, 5.41) is 12.1. The lowest BCUT2D eigenvalue weighted by Crippen LogP contribution is -2.05. The molecule has 0 fully saturated rings. The fourth-order valence-electron chi connectivity index (χ4n) is 1.71. The third-order valence-corrected chi connectivity index (χ3v) is 2.59. The number of nitrogens with two attached hydrogens (primary N) is 1. The van der Waals surface area contributed by atoms with Gasteiger partial charge in [0.05, 0.1) is 5.69 Å². The van der Waals surface area contributed by atoms with E-state index in [1.807, 2.05) is 18.5 Å². The number of aryl methyl sites for hydroxylation is 2. The zero-order valence-electron chi connectivity index (χ0n) is 9.69. The zero-order chi connectivity index (χ0) is 11.7. The summed E-state index contributed by atoms with van der Waals surface area (Å²) in [4.78, 5) is 0. The normalized spacial score (nSPS) is 11.0. The van der Waals surface area contributed by atoms with Crippen molar-refractivity contribution >= 4 is 0 Å². The van der Waals surface area contributed by atoms with Crippen LogP contribution in [-0.4, -0.2) is 20.0 Å². The molecule has 0 spiro atoms. The molecule has 86 valence electrons. The number of nitrogens with zero attached hydrogens (tertiary/aromatic N) is 4. The first-order chi connectivity index (χ1) is 7.61. The summed E-state index contributed by atoms with van der Waals surface area (Å²) in [5.74, 6) is 1.13. The highest BCUT2D eigenvalue weighted by Crippen LogP contribution is 2.13. The highest BCUT2D eigenvalue weighted by molar-refractivity contribution is 5.24. The van der Waals surface area contributed by atoms with Crippen LogP contribution in [0, 0.1) is 20.8 Å². The number of hydrogen-bond donors (Lipinski definition) is 1. The third kappa shape index (κ3) is 1.83. The Labute approximate surface area is 93.5 Å². The van der Waals surface area contributed by atoms with Gasteiger partial charge in [0.15, 0.2) is 0 Å². The first kappa shape index (κ1) is 10.8. The molecule has 2 heterocycles. The van der Waals surface area contributed by atoms with E-state index in [0.717, 1.165) is 17.0 Å². The Bertz CT molecular complexity index is 499. The molecule has 2 aromatic rings. The zero-order valence-corrected chi connectivity index (χ0v) is 9.69. The van der Waals surface area contributed by atoms with Crippen molar-refractivity contribution in [3.05, 3.63) is 28.7 Å². The van der Waals surface area contributed by atoms with Crippen LogP contribution in [0.3, 0.4) is 0 Å². The van der Waals surface area contributed by atoms with Crippen LogP contribution in [0.25, 0.3) is 0 Å². The Balaban J connectivity index is 2.28. The van der Waals surface area contributed by atoms with Crippen molar-refractivity contribution in [2.75, 3.05) is 0 Å². The average Bonchev–Trinajstić information content (AvgIpc) is 2.74. The second-order valence-electron chi connectivity index (χ2n) is 3.73. The third-order valence-electron chi connectivity index (χ3n) is 2.59. The van der Waals surface area contributed by atoms with Gasteiger partial charge in [0, 0.05) is 24.7 Å². The van der Waals surface area contributed by atoms with Gasteiger partial charge in [0.25, 0.3) is 0 Å². The molecule has 2 aromatic heterocycles. The van der Waals surface area contributed by atoms with Crippen molar-refractivity contribution in [1.29, 1.82) is 0 Å². The summed E-state index contributed by atoms with van der Waals surface area (Å²) in [7, 11) is 0. The van der Waals surface area contributed by atoms with Gasteiger partial charge in [-0.15, -0.1) is 10.2 Å². The van der Waals surface area contributed by atoms with Crippen molar-refractivity contribution in [3.63, 3.8) is 0 Å². The van der Waals surface area contributed by atoms with Crippen molar-refractivity contribution in [2.45, 2.75) is 33.9 Å². The highest BCUT2D eigenvalue weighted by Gasteiger charge is 2.12. The molecule has 0 radical (unpaired) electrons. The molecule has 0 atom stereocenters. The minimum atomic E-state index is 0.494. The first-order valence-corrected chi connectivity index (χ1v) is 5.13. The molecule has 6 heteroatoms. The van der Waals surface area contributed by atoms with Gasteiger partial charge in [-0.1, -0.05) is 0 Å². The fourth-order valence-corrected chi connectivity index (χ4v) is 1.71. The number of rotatable bonds is 3. The predicted octanol–water partition coefficient (Wildman–Crippen LogP) is 0.698. The van der Waals surface area contributed by atoms with Gasteiger partial charge in [-0.3, -0.25) is 4.68 Å². The van der Waals surface area contributed by atoms with E-state index in [1.165, 1.54) is 0 Å². The van der Waals surface area contributed by atoms with Crippen molar-refractivity contribution in [1.82, 2.24) is 20.0 Å². The summed E-state index contributed by atoms with van der Waals surface area (Å²) >= 11 is 0. The minimum Gasteiger partial charge on any atom is -0.424 e. The Morgan fingerprint density at radius 1 is 1.25 bits per heavy atom. The molecule has 0 saturated carbocycles. The van der Waals surface area contributed by atoms with E-state index >= 15 is 0 Å².